The summed E-state index contributed by atoms with van der Waals surface area (Å²) in [6.45, 7) is 3.26. The molecule has 20 heavy (non-hydrogen) atoms. The molecule has 0 aliphatic rings. The molecule has 4 heteroatoms. The zero-order chi connectivity index (χ0) is 14.9. The Morgan fingerprint density at radius 3 is 1.95 bits per heavy atom. The lowest BCUT2D eigenvalue weighted by Gasteiger charge is -2.06. The molecule has 0 aromatic carbocycles. The smallest absolute Gasteiger partial charge is 0.166 e. The Labute approximate surface area is 136 Å². The Hall–Kier alpha value is 0.0400. The largest absolute Gasteiger partial charge is 0.366 e. The zero-order valence-electron chi connectivity index (χ0n) is 13.5. The van der Waals surface area contributed by atoms with Crippen molar-refractivity contribution in [1.29, 1.82) is 0 Å². The first-order valence-electron chi connectivity index (χ1n) is 8.34. The average molecular weight is 319 g/mol. The molecular weight excluding hydrogens is 284 g/mol. The van der Waals surface area contributed by atoms with Gasteiger partial charge in [-0.15, -0.1) is 0 Å². The minimum atomic E-state index is 0.754. The maximum atomic E-state index is 5.02. The lowest BCUT2D eigenvalue weighted by molar-refractivity contribution is 0.563. The van der Waals surface area contributed by atoms with Gasteiger partial charge in [0.25, 0.3) is 0 Å². The predicted octanol–water partition coefficient (Wildman–Crippen LogP) is 4.73. The summed E-state index contributed by atoms with van der Waals surface area (Å²) in [5.74, 6) is 2.45. The SMILES string of the molecule is CCCCCCCCCCCCSCCNC(=S)NC. The Kier molecular flexibility index (Phi) is 17.1. The molecule has 0 saturated carbocycles. The number of thioether (sulfide) groups is 1. The lowest BCUT2D eigenvalue weighted by Crippen LogP contribution is -2.33. The van der Waals surface area contributed by atoms with Gasteiger partial charge in [0.2, 0.25) is 0 Å². The van der Waals surface area contributed by atoms with E-state index in [1.807, 2.05) is 18.8 Å². The molecule has 0 amide bonds. The number of hydrogen-bond acceptors (Lipinski definition) is 2. The summed E-state index contributed by atoms with van der Waals surface area (Å²) in [6, 6.07) is 0. The van der Waals surface area contributed by atoms with Crippen molar-refractivity contribution in [2.75, 3.05) is 25.1 Å². The highest BCUT2D eigenvalue weighted by Crippen LogP contribution is 2.12. The van der Waals surface area contributed by atoms with Crippen LogP contribution >= 0.6 is 24.0 Å². The van der Waals surface area contributed by atoms with Crippen LogP contribution in [0.15, 0.2) is 0 Å². The minimum absolute atomic E-state index is 0.754. The van der Waals surface area contributed by atoms with E-state index in [2.05, 4.69) is 17.6 Å². The number of hydrogen-bond donors (Lipinski definition) is 2. The maximum Gasteiger partial charge on any atom is 0.166 e. The van der Waals surface area contributed by atoms with Crippen molar-refractivity contribution in [3.63, 3.8) is 0 Å². The molecular formula is C16H34N2S2. The summed E-state index contributed by atoms with van der Waals surface area (Å²) in [6.07, 6.45) is 14.2. The van der Waals surface area contributed by atoms with Gasteiger partial charge >= 0.3 is 0 Å². The van der Waals surface area contributed by atoms with Crippen LogP contribution in [0.5, 0.6) is 0 Å². The minimum Gasteiger partial charge on any atom is -0.366 e. The van der Waals surface area contributed by atoms with Gasteiger partial charge in [-0.05, 0) is 24.4 Å². The van der Waals surface area contributed by atoms with Gasteiger partial charge in [0, 0.05) is 19.3 Å². The fourth-order valence-electron chi connectivity index (χ4n) is 2.12. The van der Waals surface area contributed by atoms with Crippen molar-refractivity contribution in [3.05, 3.63) is 0 Å². The summed E-state index contributed by atoms with van der Waals surface area (Å²) >= 11 is 7.05. The van der Waals surface area contributed by atoms with Gasteiger partial charge in [-0.2, -0.15) is 11.8 Å². The lowest BCUT2D eigenvalue weighted by atomic mass is 10.1. The third-order valence-electron chi connectivity index (χ3n) is 3.40. The summed E-state index contributed by atoms with van der Waals surface area (Å²) in [5, 5.41) is 6.85. The topological polar surface area (TPSA) is 24.1 Å². The number of unbranched alkanes of at least 4 members (excludes halogenated alkanes) is 9. The van der Waals surface area contributed by atoms with Crippen LogP contribution < -0.4 is 10.6 Å². The molecule has 0 atom stereocenters. The molecule has 120 valence electrons. The molecule has 0 aliphatic heterocycles. The summed E-state index contributed by atoms with van der Waals surface area (Å²) in [7, 11) is 1.85. The van der Waals surface area contributed by atoms with Gasteiger partial charge < -0.3 is 10.6 Å². The van der Waals surface area contributed by atoms with Crippen LogP contribution in [0, 0.1) is 0 Å². The third kappa shape index (κ3) is 16.1. The van der Waals surface area contributed by atoms with Gasteiger partial charge in [0.15, 0.2) is 5.11 Å². The van der Waals surface area contributed by atoms with E-state index in [4.69, 9.17) is 12.2 Å². The maximum absolute atomic E-state index is 5.02. The van der Waals surface area contributed by atoms with E-state index in [9.17, 15) is 0 Å². The van der Waals surface area contributed by atoms with E-state index in [-0.39, 0.29) is 0 Å². The number of rotatable bonds is 14. The molecule has 0 rings (SSSR count). The Morgan fingerprint density at radius 2 is 1.40 bits per heavy atom. The average Bonchev–Trinajstić information content (AvgIpc) is 2.47. The zero-order valence-corrected chi connectivity index (χ0v) is 15.1. The summed E-state index contributed by atoms with van der Waals surface area (Å²) in [4.78, 5) is 0. The number of nitrogens with one attached hydrogen (secondary N) is 2. The molecule has 0 spiro atoms. The van der Waals surface area contributed by atoms with E-state index >= 15 is 0 Å². The van der Waals surface area contributed by atoms with Crippen LogP contribution in [0.25, 0.3) is 0 Å². The van der Waals surface area contributed by atoms with Gasteiger partial charge in [-0.3, -0.25) is 0 Å². The molecule has 0 unspecified atom stereocenters. The van der Waals surface area contributed by atoms with Gasteiger partial charge in [-0.25, -0.2) is 0 Å². The molecule has 0 bridgehead atoms. The molecule has 0 radical (unpaired) electrons. The Bertz CT molecular complexity index is 211. The highest BCUT2D eigenvalue weighted by molar-refractivity contribution is 7.99. The fourth-order valence-corrected chi connectivity index (χ4v) is 3.08. The second kappa shape index (κ2) is 17.1. The standard InChI is InChI=1S/C16H34N2S2/c1-3-4-5-6-7-8-9-10-11-12-14-20-15-13-18-16(19)17-2/h3-15H2,1-2H3,(H2,17,18,19). The molecule has 2 N–H and O–H groups in total. The first kappa shape index (κ1) is 20.0. The molecule has 0 aliphatic carbocycles. The quantitative estimate of drug-likeness (QED) is 0.357. The Balaban J connectivity index is 2.97. The van der Waals surface area contributed by atoms with Crippen molar-refractivity contribution in [2.24, 2.45) is 0 Å². The monoisotopic (exact) mass is 318 g/mol. The molecule has 2 nitrogen and oxygen atoms in total. The normalized spacial score (nSPS) is 10.5. The van der Waals surface area contributed by atoms with E-state index in [1.54, 1.807) is 0 Å². The van der Waals surface area contributed by atoms with Gasteiger partial charge in [-0.1, -0.05) is 64.7 Å². The number of thiocarbonyl (C=S) groups is 1. The summed E-state index contributed by atoms with van der Waals surface area (Å²) < 4.78 is 0. The molecule has 0 saturated heterocycles. The second-order valence-electron chi connectivity index (χ2n) is 5.30. The second-order valence-corrected chi connectivity index (χ2v) is 6.93. The first-order chi connectivity index (χ1) is 9.81. The van der Waals surface area contributed by atoms with Crippen LogP contribution in [-0.4, -0.2) is 30.2 Å². The predicted molar refractivity (Wildman–Crippen MR) is 98.8 cm³/mol. The van der Waals surface area contributed by atoms with Crippen LogP contribution in [0.2, 0.25) is 0 Å². The fraction of sp³-hybridized carbons (Fsp3) is 0.938. The highest BCUT2D eigenvalue weighted by Gasteiger charge is 1.94. The van der Waals surface area contributed by atoms with E-state index in [0.717, 1.165) is 17.4 Å². The van der Waals surface area contributed by atoms with Crippen LogP contribution in [0.3, 0.4) is 0 Å². The third-order valence-corrected chi connectivity index (χ3v) is 4.82. The molecule has 0 aromatic rings. The van der Waals surface area contributed by atoms with Crippen LogP contribution in [-0.2, 0) is 0 Å². The molecule has 0 fully saturated rings. The summed E-state index contributed by atoms with van der Waals surface area (Å²) in [5.41, 5.74) is 0. The highest BCUT2D eigenvalue weighted by atomic mass is 32.2. The van der Waals surface area contributed by atoms with Crippen molar-refractivity contribution in [3.8, 4) is 0 Å². The van der Waals surface area contributed by atoms with Crippen molar-refractivity contribution in [1.82, 2.24) is 10.6 Å². The van der Waals surface area contributed by atoms with Gasteiger partial charge in [0.1, 0.15) is 0 Å². The van der Waals surface area contributed by atoms with E-state index in [1.165, 1.54) is 70.0 Å². The van der Waals surface area contributed by atoms with Gasteiger partial charge in [0.05, 0.1) is 0 Å². The molecule has 0 heterocycles. The van der Waals surface area contributed by atoms with E-state index in [0.29, 0.717) is 0 Å². The van der Waals surface area contributed by atoms with E-state index < -0.39 is 0 Å². The van der Waals surface area contributed by atoms with Crippen molar-refractivity contribution >= 4 is 29.1 Å². The van der Waals surface area contributed by atoms with Crippen LogP contribution in [0.4, 0.5) is 0 Å². The van der Waals surface area contributed by atoms with Crippen molar-refractivity contribution in [2.45, 2.75) is 71.1 Å². The van der Waals surface area contributed by atoms with Crippen molar-refractivity contribution < 1.29 is 0 Å². The molecule has 0 aromatic heterocycles. The van der Waals surface area contributed by atoms with Crippen LogP contribution in [0.1, 0.15) is 71.1 Å². The first-order valence-corrected chi connectivity index (χ1v) is 9.91. The Morgan fingerprint density at radius 1 is 0.850 bits per heavy atom.